The average molecular weight is 239 g/mol. The third-order valence-corrected chi connectivity index (χ3v) is 2.09. The van der Waals surface area contributed by atoms with Crippen molar-refractivity contribution in [1.82, 2.24) is 0 Å². The highest BCUT2D eigenvalue weighted by Crippen LogP contribution is 2.02. The Labute approximate surface area is 98.7 Å². The lowest BCUT2D eigenvalue weighted by Gasteiger charge is -2.01. The van der Waals surface area contributed by atoms with Crippen LogP contribution in [0.5, 0.6) is 0 Å². The average Bonchev–Trinajstić information content (AvgIpc) is 2.34. The number of alkyl halides is 1. The number of aryl methyl sites for hydroxylation is 1. The third kappa shape index (κ3) is 5.10. The van der Waals surface area contributed by atoms with Crippen molar-refractivity contribution in [1.29, 1.82) is 0 Å². The van der Waals surface area contributed by atoms with E-state index in [1.165, 1.54) is 5.56 Å². The maximum atomic E-state index is 12.1. The molecule has 0 saturated carbocycles. The highest BCUT2D eigenvalue weighted by molar-refractivity contribution is 6.36. The van der Waals surface area contributed by atoms with Crippen molar-refractivity contribution in [2.75, 3.05) is 13.3 Å². The van der Waals surface area contributed by atoms with Gasteiger partial charge in [-0.15, -0.1) is 0 Å². The van der Waals surface area contributed by atoms with Gasteiger partial charge in [0.2, 0.25) is 0 Å². The first kappa shape index (κ1) is 13.2. The number of hydrogen-bond acceptors (Lipinski definition) is 3. The summed E-state index contributed by atoms with van der Waals surface area (Å²) in [6.45, 7) is -0.861. The van der Waals surface area contributed by atoms with Gasteiger partial charge in [0, 0.05) is 0 Å². The van der Waals surface area contributed by atoms with Crippen molar-refractivity contribution in [3.8, 4) is 0 Å². The Balaban J connectivity index is 2.23. The van der Waals surface area contributed by atoms with E-state index in [-0.39, 0.29) is 6.61 Å². The first-order chi connectivity index (χ1) is 8.24. The number of carbonyl (C=O) groups is 1. The molecular formula is C12H14FNO3. The zero-order valence-corrected chi connectivity index (χ0v) is 9.30. The maximum absolute atomic E-state index is 12.1. The predicted molar refractivity (Wildman–Crippen MR) is 61.8 cm³/mol. The van der Waals surface area contributed by atoms with Gasteiger partial charge in [0.15, 0.2) is 5.71 Å². The van der Waals surface area contributed by atoms with Crippen molar-refractivity contribution < 1.29 is 19.1 Å². The van der Waals surface area contributed by atoms with Crippen LogP contribution < -0.4 is 0 Å². The molecule has 0 saturated heterocycles. The molecular weight excluding hydrogens is 225 g/mol. The molecule has 17 heavy (non-hydrogen) atoms. The Kier molecular flexibility index (Phi) is 5.71. The van der Waals surface area contributed by atoms with E-state index in [1.54, 1.807) is 0 Å². The highest BCUT2D eigenvalue weighted by Gasteiger charge is 2.08. The molecule has 0 amide bonds. The van der Waals surface area contributed by atoms with Crippen LogP contribution in [0.2, 0.25) is 0 Å². The lowest BCUT2D eigenvalue weighted by atomic mass is 10.1. The fourth-order valence-electron chi connectivity index (χ4n) is 1.23. The van der Waals surface area contributed by atoms with E-state index in [4.69, 9.17) is 9.94 Å². The summed E-state index contributed by atoms with van der Waals surface area (Å²) in [7, 11) is 0. The van der Waals surface area contributed by atoms with E-state index >= 15 is 0 Å². The zero-order valence-electron chi connectivity index (χ0n) is 9.30. The van der Waals surface area contributed by atoms with Gasteiger partial charge in [-0.25, -0.2) is 9.18 Å². The number of hydrogen-bond donors (Lipinski definition) is 1. The van der Waals surface area contributed by atoms with Gasteiger partial charge in [-0.2, -0.15) is 0 Å². The van der Waals surface area contributed by atoms with Crippen molar-refractivity contribution in [2.24, 2.45) is 5.16 Å². The van der Waals surface area contributed by atoms with E-state index in [0.717, 1.165) is 6.42 Å². The molecule has 1 rings (SSSR count). The number of oxime groups is 1. The van der Waals surface area contributed by atoms with Gasteiger partial charge < -0.3 is 9.94 Å². The number of benzene rings is 1. The Morgan fingerprint density at radius 3 is 2.65 bits per heavy atom. The van der Waals surface area contributed by atoms with Crippen LogP contribution in [0, 0.1) is 0 Å². The lowest BCUT2D eigenvalue weighted by Crippen LogP contribution is -2.15. The van der Waals surface area contributed by atoms with Crippen LogP contribution in [0.25, 0.3) is 0 Å². The van der Waals surface area contributed by atoms with E-state index in [2.05, 4.69) is 5.16 Å². The fourth-order valence-corrected chi connectivity index (χ4v) is 1.23. The molecule has 0 spiro atoms. The molecule has 0 radical (unpaired) electrons. The molecule has 0 aliphatic heterocycles. The number of rotatable bonds is 7. The summed E-state index contributed by atoms with van der Waals surface area (Å²) in [4.78, 5) is 15.1. The minimum atomic E-state index is -1.39. The molecule has 1 aromatic carbocycles. The SMILES string of the molecule is O=C(O)C(CF)=NOCCCc1ccccc1. The predicted octanol–water partition coefficient (Wildman–Crippen LogP) is 2.05. The third-order valence-electron chi connectivity index (χ3n) is 2.09. The van der Waals surface area contributed by atoms with Crippen LogP contribution in [0.3, 0.4) is 0 Å². The molecule has 4 nitrogen and oxygen atoms in total. The minimum absolute atomic E-state index is 0.270. The Hall–Kier alpha value is -1.91. The van der Waals surface area contributed by atoms with Crippen molar-refractivity contribution in [2.45, 2.75) is 12.8 Å². The van der Waals surface area contributed by atoms with E-state index in [0.29, 0.717) is 6.42 Å². The summed E-state index contributed by atoms with van der Waals surface area (Å²) < 4.78 is 12.1. The number of carboxylic acids is 1. The normalized spacial score (nSPS) is 11.2. The van der Waals surface area contributed by atoms with E-state index in [1.807, 2.05) is 30.3 Å². The second-order valence-corrected chi connectivity index (χ2v) is 3.40. The van der Waals surface area contributed by atoms with Crippen LogP contribution in [0.4, 0.5) is 4.39 Å². The van der Waals surface area contributed by atoms with E-state index in [9.17, 15) is 9.18 Å². The molecule has 0 atom stereocenters. The number of nitrogens with zero attached hydrogens (tertiary/aromatic N) is 1. The van der Waals surface area contributed by atoms with Gasteiger partial charge in [-0.1, -0.05) is 35.5 Å². The summed E-state index contributed by atoms with van der Waals surface area (Å²) in [5.74, 6) is -1.39. The fraction of sp³-hybridized carbons (Fsp3) is 0.333. The molecule has 0 unspecified atom stereocenters. The molecule has 0 fully saturated rings. The number of carboxylic acid groups (broad SMARTS) is 1. The summed E-state index contributed by atoms with van der Waals surface area (Å²) in [6.07, 6.45) is 1.51. The molecule has 0 bridgehead atoms. The summed E-state index contributed by atoms with van der Waals surface area (Å²) in [5, 5.41) is 11.7. The summed E-state index contributed by atoms with van der Waals surface area (Å²) in [5.41, 5.74) is 0.564. The van der Waals surface area contributed by atoms with Crippen molar-refractivity contribution >= 4 is 11.7 Å². The van der Waals surface area contributed by atoms with Gasteiger partial charge >= 0.3 is 5.97 Å². The molecule has 92 valence electrons. The van der Waals surface area contributed by atoms with Crippen molar-refractivity contribution in [3.63, 3.8) is 0 Å². The summed E-state index contributed by atoms with van der Waals surface area (Å²) >= 11 is 0. The molecule has 0 aliphatic carbocycles. The standard InChI is InChI=1S/C12H14FNO3/c13-9-11(12(15)16)14-17-8-4-7-10-5-2-1-3-6-10/h1-3,5-6H,4,7-9H2,(H,15,16). The van der Waals surface area contributed by atoms with Gasteiger partial charge in [-0.3, -0.25) is 0 Å². The topological polar surface area (TPSA) is 58.9 Å². The first-order valence-corrected chi connectivity index (χ1v) is 5.26. The van der Waals surface area contributed by atoms with Crippen LogP contribution in [0.15, 0.2) is 35.5 Å². The quantitative estimate of drug-likeness (QED) is 0.450. The largest absolute Gasteiger partial charge is 0.477 e. The second kappa shape index (κ2) is 7.38. The van der Waals surface area contributed by atoms with Gasteiger partial charge in [-0.05, 0) is 18.4 Å². The molecule has 0 aliphatic rings. The maximum Gasteiger partial charge on any atom is 0.356 e. The van der Waals surface area contributed by atoms with Gasteiger partial charge in [0.25, 0.3) is 0 Å². The van der Waals surface area contributed by atoms with Gasteiger partial charge in [0.1, 0.15) is 13.3 Å². The monoisotopic (exact) mass is 239 g/mol. The van der Waals surface area contributed by atoms with E-state index < -0.39 is 18.4 Å². The molecule has 1 aromatic rings. The Morgan fingerprint density at radius 1 is 1.35 bits per heavy atom. The van der Waals surface area contributed by atoms with Crippen LogP contribution in [-0.2, 0) is 16.1 Å². The Bertz CT molecular complexity index is 379. The molecule has 1 N–H and O–H groups in total. The molecule has 0 aromatic heterocycles. The summed E-state index contributed by atoms with van der Waals surface area (Å²) in [6, 6.07) is 9.81. The highest BCUT2D eigenvalue weighted by atomic mass is 19.1. The van der Waals surface area contributed by atoms with Crippen LogP contribution in [0.1, 0.15) is 12.0 Å². The van der Waals surface area contributed by atoms with Crippen molar-refractivity contribution in [3.05, 3.63) is 35.9 Å². The smallest absolute Gasteiger partial charge is 0.356 e. The molecule has 5 heteroatoms. The van der Waals surface area contributed by atoms with Gasteiger partial charge in [0.05, 0.1) is 0 Å². The lowest BCUT2D eigenvalue weighted by molar-refractivity contribution is -0.129. The number of aliphatic carboxylic acids is 1. The molecule has 0 heterocycles. The first-order valence-electron chi connectivity index (χ1n) is 5.26. The Morgan fingerprint density at radius 2 is 2.06 bits per heavy atom. The second-order valence-electron chi connectivity index (χ2n) is 3.40. The van der Waals surface area contributed by atoms with Crippen LogP contribution >= 0.6 is 0 Å². The van der Waals surface area contributed by atoms with Crippen LogP contribution in [-0.4, -0.2) is 30.1 Å². The zero-order chi connectivity index (χ0) is 12.5. The number of halogens is 1. The minimum Gasteiger partial charge on any atom is -0.477 e.